The first-order chi connectivity index (χ1) is 9.59. The summed E-state index contributed by atoms with van der Waals surface area (Å²) in [6.07, 6.45) is 4.45. The summed E-state index contributed by atoms with van der Waals surface area (Å²) < 4.78 is 1.97. The molecule has 1 unspecified atom stereocenters. The molecule has 0 radical (unpaired) electrons. The zero-order valence-electron chi connectivity index (χ0n) is 11.6. The van der Waals surface area contributed by atoms with Crippen molar-refractivity contribution < 1.29 is 4.92 Å². The van der Waals surface area contributed by atoms with Crippen LogP contribution in [0.4, 0.5) is 5.69 Å². The fourth-order valence-electron chi connectivity index (χ4n) is 2.17. The molecule has 0 saturated heterocycles. The number of nitro benzene ring substituents is 1. The lowest BCUT2D eigenvalue weighted by Crippen LogP contribution is -2.23. The summed E-state index contributed by atoms with van der Waals surface area (Å²) in [6.45, 7) is 2.65. The molecule has 20 heavy (non-hydrogen) atoms. The van der Waals surface area contributed by atoms with Crippen molar-refractivity contribution in [2.45, 2.75) is 19.4 Å². The predicted octanol–water partition coefficient (Wildman–Crippen LogP) is 2.22. The summed E-state index contributed by atoms with van der Waals surface area (Å²) in [6, 6.07) is 6.75. The van der Waals surface area contributed by atoms with E-state index < -0.39 is 0 Å². The molecule has 0 bridgehead atoms. The van der Waals surface area contributed by atoms with Crippen LogP contribution in [0.25, 0.3) is 0 Å². The Labute approximate surface area is 117 Å². The Hall–Kier alpha value is -2.21. The molecule has 1 atom stereocenters. The third-order valence-corrected chi connectivity index (χ3v) is 3.32. The summed E-state index contributed by atoms with van der Waals surface area (Å²) in [5, 5.41) is 14.3. The molecule has 2 aromatic rings. The zero-order valence-corrected chi connectivity index (χ0v) is 11.6. The molecular formula is C14H18N4O2. The number of nitrogens with zero attached hydrogens (tertiary/aromatic N) is 3. The minimum Gasteiger partial charge on any atom is -0.338 e. The number of hydrogen-bond acceptors (Lipinski definition) is 4. The molecule has 0 aliphatic heterocycles. The van der Waals surface area contributed by atoms with Crippen LogP contribution in [0.3, 0.4) is 0 Å². The molecule has 1 N–H and O–H groups in total. The van der Waals surface area contributed by atoms with Crippen molar-refractivity contribution in [3.63, 3.8) is 0 Å². The van der Waals surface area contributed by atoms with Crippen molar-refractivity contribution in [2.75, 3.05) is 6.54 Å². The van der Waals surface area contributed by atoms with Crippen LogP contribution >= 0.6 is 0 Å². The molecular weight excluding hydrogens is 256 g/mol. The van der Waals surface area contributed by atoms with Crippen LogP contribution in [-0.4, -0.2) is 21.0 Å². The lowest BCUT2D eigenvalue weighted by molar-refractivity contribution is -0.385. The van der Waals surface area contributed by atoms with Gasteiger partial charge in [0.2, 0.25) is 0 Å². The van der Waals surface area contributed by atoms with E-state index in [-0.39, 0.29) is 16.7 Å². The topological polar surface area (TPSA) is 73.0 Å². The maximum absolute atomic E-state index is 11.0. The molecule has 6 nitrogen and oxygen atoms in total. The highest BCUT2D eigenvalue weighted by Crippen LogP contribution is 2.24. The van der Waals surface area contributed by atoms with Crippen molar-refractivity contribution in [1.82, 2.24) is 14.9 Å². The third-order valence-electron chi connectivity index (χ3n) is 3.32. The quantitative estimate of drug-likeness (QED) is 0.647. The van der Waals surface area contributed by atoms with Gasteiger partial charge in [-0.05, 0) is 6.92 Å². The molecule has 0 amide bonds. The number of benzene rings is 1. The van der Waals surface area contributed by atoms with E-state index in [1.165, 1.54) is 6.07 Å². The summed E-state index contributed by atoms with van der Waals surface area (Å²) >= 11 is 0. The Kier molecular flexibility index (Phi) is 4.47. The molecule has 6 heteroatoms. The second-order valence-corrected chi connectivity index (χ2v) is 4.70. The van der Waals surface area contributed by atoms with Crippen molar-refractivity contribution in [2.24, 2.45) is 7.05 Å². The molecule has 0 aliphatic rings. The van der Waals surface area contributed by atoms with Crippen molar-refractivity contribution >= 4 is 5.69 Å². The molecule has 1 aromatic heterocycles. The van der Waals surface area contributed by atoms with Gasteiger partial charge in [0.05, 0.1) is 4.92 Å². The Morgan fingerprint density at radius 1 is 1.45 bits per heavy atom. The third kappa shape index (κ3) is 3.21. The second-order valence-electron chi connectivity index (χ2n) is 4.70. The average Bonchev–Trinajstić information content (AvgIpc) is 2.84. The summed E-state index contributed by atoms with van der Waals surface area (Å²) in [5.41, 5.74) is 0.863. The molecule has 0 fully saturated rings. The maximum atomic E-state index is 11.0. The summed E-state index contributed by atoms with van der Waals surface area (Å²) in [5.74, 6) is 0.993. The van der Waals surface area contributed by atoms with Gasteiger partial charge in [0.25, 0.3) is 5.69 Å². The molecule has 2 rings (SSSR count). The van der Waals surface area contributed by atoms with Gasteiger partial charge >= 0.3 is 0 Å². The lowest BCUT2D eigenvalue weighted by atomic mass is 10.1. The molecule has 0 aliphatic carbocycles. The number of rotatable bonds is 6. The Morgan fingerprint density at radius 3 is 2.85 bits per heavy atom. The predicted molar refractivity (Wildman–Crippen MR) is 76.4 cm³/mol. The minimum atomic E-state index is -0.341. The maximum Gasteiger partial charge on any atom is 0.274 e. The Morgan fingerprint density at radius 2 is 2.20 bits per heavy atom. The first kappa shape index (κ1) is 14.2. The number of imidazole rings is 1. The fraction of sp³-hybridized carbons (Fsp3) is 0.357. The average molecular weight is 274 g/mol. The number of para-hydroxylation sites is 1. The number of hydrogen-bond donors (Lipinski definition) is 1. The number of nitro groups is 1. The SMILES string of the molecule is CC(NCCc1nccn1C)c1ccccc1[N+](=O)[O-]. The van der Waals surface area contributed by atoms with Crippen molar-refractivity contribution in [3.05, 3.63) is 58.2 Å². The van der Waals surface area contributed by atoms with E-state index in [1.54, 1.807) is 18.3 Å². The number of aryl methyl sites for hydroxylation is 1. The van der Waals surface area contributed by atoms with E-state index in [9.17, 15) is 10.1 Å². The van der Waals surface area contributed by atoms with Gasteiger partial charge < -0.3 is 9.88 Å². The Bertz CT molecular complexity index is 594. The Balaban J connectivity index is 1.97. The van der Waals surface area contributed by atoms with Gasteiger partial charge in [-0.1, -0.05) is 18.2 Å². The molecule has 1 aromatic carbocycles. The van der Waals surface area contributed by atoms with E-state index in [0.29, 0.717) is 5.56 Å². The highest BCUT2D eigenvalue weighted by atomic mass is 16.6. The normalized spacial score (nSPS) is 12.3. The lowest BCUT2D eigenvalue weighted by Gasteiger charge is -2.14. The summed E-state index contributed by atoms with van der Waals surface area (Å²) in [4.78, 5) is 14.9. The standard InChI is InChI=1S/C14H18N4O2/c1-11(12-5-3-4-6-13(12)18(19)20)15-8-7-14-16-9-10-17(14)2/h3-6,9-11,15H,7-8H2,1-2H3. The van der Waals surface area contributed by atoms with E-state index in [4.69, 9.17) is 0 Å². The van der Waals surface area contributed by atoms with Gasteiger partial charge in [-0.2, -0.15) is 0 Å². The van der Waals surface area contributed by atoms with Gasteiger partial charge in [-0.15, -0.1) is 0 Å². The fourth-order valence-corrected chi connectivity index (χ4v) is 2.17. The van der Waals surface area contributed by atoms with Crippen LogP contribution in [-0.2, 0) is 13.5 Å². The van der Waals surface area contributed by atoms with Gasteiger partial charge in [-0.3, -0.25) is 10.1 Å². The summed E-state index contributed by atoms with van der Waals surface area (Å²) in [7, 11) is 1.95. The van der Waals surface area contributed by atoms with Crippen molar-refractivity contribution in [1.29, 1.82) is 0 Å². The highest BCUT2D eigenvalue weighted by Gasteiger charge is 2.17. The van der Waals surface area contributed by atoms with Crippen LogP contribution in [0.5, 0.6) is 0 Å². The largest absolute Gasteiger partial charge is 0.338 e. The van der Waals surface area contributed by atoms with E-state index in [0.717, 1.165) is 18.8 Å². The minimum absolute atomic E-state index is 0.0723. The first-order valence-electron chi connectivity index (χ1n) is 6.52. The molecule has 1 heterocycles. The van der Waals surface area contributed by atoms with Crippen LogP contribution in [0, 0.1) is 10.1 Å². The van der Waals surface area contributed by atoms with Gasteiger partial charge in [0, 0.05) is 50.1 Å². The second kappa shape index (κ2) is 6.29. The van der Waals surface area contributed by atoms with E-state index >= 15 is 0 Å². The first-order valence-corrected chi connectivity index (χ1v) is 6.52. The highest BCUT2D eigenvalue weighted by molar-refractivity contribution is 5.41. The number of aromatic nitrogens is 2. The molecule has 106 valence electrons. The van der Waals surface area contributed by atoms with Gasteiger partial charge in [0.15, 0.2) is 0 Å². The van der Waals surface area contributed by atoms with Crippen molar-refractivity contribution in [3.8, 4) is 0 Å². The van der Waals surface area contributed by atoms with Crippen LogP contribution in [0.15, 0.2) is 36.7 Å². The zero-order chi connectivity index (χ0) is 14.5. The smallest absolute Gasteiger partial charge is 0.274 e. The van der Waals surface area contributed by atoms with E-state index in [2.05, 4.69) is 10.3 Å². The van der Waals surface area contributed by atoms with Gasteiger partial charge in [-0.25, -0.2) is 4.98 Å². The van der Waals surface area contributed by atoms with Crippen LogP contribution < -0.4 is 5.32 Å². The van der Waals surface area contributed by atoms with Crippen LogP contribution in [0.2, 0.25) is 0 Å². The van der Waals surface area contributed by atoms with Crippen LogP contribution in [0.1, 0.15) is 24.4 Å². The molecule has 0 spiro atoms. The number of nitrogens with one attached hydrogen (secondary N) is 1. The van der Waals surface area contributed by atoms with E-state index in [1.807, 2.05) is 30.8 Å². The molecule has 0 saturated carbocycles. The van der Waals surface area contributed by atoms with Gasteiger partial charge in [0.1, 0.15) is 5.82 Å². The monoisotopic (exact) mass is 274 g/mol.